The van der Waals surface area contributed by atoms with Crippen LogP contribution < -0.4 is 11.1 Å². The number of nitrogens with zero attached hydrogens (tertiary/aromatic N) is 1. The zero-order valence-electron chi connectivity index (χ0n) is 16.5. The molecule has 154 valence electrons. The minimum Gasteiger partial charge on any atom is -0.353 e. The van der Waals surface area contributed by atoms with Crippen LogP contribution in [0.15, 0.2) is 30.3 Å². The molecule has 4 atom stereocenters. The average molecular weight is 416 g/mol. The lowest BCUT2D eigenvalue weighted by Crippen LogP contribution is -2.56. The second-order valence-electron chi connectivity index (χ2n) is 8.34. The molecule has 6 heteroatoms. The number of nitrogens with two attached hydrogens (primary N) is 1. The second kappa shape index (κ2) is 10.7. The number of hydrogen-bond donors (Lipinski definition) is 2. The summed E-state index contributed by atoms with van der Waals surface area (Å²) in [5, 5.41) is 3.31. The normalized spacial score (nSPS) is 31.3. The zero-order chi connectivity index (χ0) is 17.9. The van der Waals surface area contributed by atoms with Crippen molar-refractivity contribution in [3.63, 3.8) is 0 Å². The van der Waals surface area contributed by atoms with Crippen LogP contribution in [0.4, 0.5) is 0 Å². The standard InChI is InChI=1S/C21H33N3O.2ClH/c1-16-14-18(11-13-24(16)15-17-8-4-3-5-9-17)23-20(25)19-10-6-7-12-21(19,2)22;;/h3-5,8-9,16,18-19H,6-7,10-15,22H2,1-2H3,(H,23,25);2*1H. The Balaban J connectivity index is 0.00000182. The van der Waals surface area contributed by atoms with E-state index in [0.717, 1.165) is 51.6 Å². The third-order valence-electron chi connectivity index (χ3n) is 6.16. The molecular weight excluding hydrogens is 381 g/mol. The first-order chi connectivity index (χ1) is 12.0. The zero-order valence-corrected chi connectivity index (χ0v) is 18.2. The van der Waals surface area contributed by atoms with Gasteiger partial charge < -0.3 is 11.1 Å². The van der Waals surface area contributed by atoms with Gasteiger partial charge in [-0.3, -0.25) is 9.69 Å². The highest BCUT2D eigenvalue weighted by Gasteiger charge is 2.39. The molecule has 1 saturated heterocycles. The van der Waals surface area contributed by atoms with E-state index in [4.69, 9.17) is 5.73 Å². The smallest absolute Gasteiger partial charge is 0.225 e. The van der Waals surface area contributed by atoms with Crippen LogP contribution in [0.2, 0.25) is 0 Å². The Morgan fingerprint density at radius 1 is 1.22 bits per heavy atom. The quantitative estimate of drug-likeness (QED) is 0.783. The Kier molecular flexibility index (Phi) is 9.56. The molecule has 3 N–H and O–H groups in total. The first kappa shape index (κ1) is 24.2. The van der Waals surface area contributed by atoms with Gasteiger partial charge in [-0.1, -0.05) is 43.2 Å². The van der Waals surface area contributed by atoms with E-state index in [0.29, 0.717) is 6.04 Å². The van der Waals surface area contributed by atoms with E-state index in [-0.39, 0.29) is 48.2 Å². The Labute approximate surface area is 176 Å². The van der Waals surface area contributed by atoms with Crippen molar-refractivity contribution in [2.24, 2.45) is 11.7 Å². The highest BCUT2D eigenvalue weighted by molar-refractivity contribution is 5.85. The van der Waals surface area contributed by atoms with E-state index >= 15 is 0 Å². The Morgan fingerprint density at radius 3 is 2.56 bits per heavy atom. The van der Waals surface area contributed by atoms with Crippen LogP contribution in [0.25, 0.3) is 0 Å². The van der Waals surface area contributed by atoms with Crippen molar-refractivity contribution in [3.05, 3.63) is 35.9 Å². The second-order valence-corrected chi connectivity index (χ2v) is 8.34. The molecule has 0 bridgehead atoms. The number of halogens is 2. The molecular formula is C21H35Cl2N3O. The van der Waals surface area contributed by atoms with Gasteiger partial charge >= 0.3 is 0 Å². The topological polar surface area (TPSA) is 58.4 Å². The fraction of sp³-hybridized carbons (Fsp3) is 0.667. The Hall–Kier alpha value is -0.810. The number of rotatable bonds is 4. The third-order valence-corrected chi connectivity index (χ3v) is 6.16. The Morgan fingerprint density at radius 2 is 1.93 bits per heavy atom. The number of carbonyl (C=O) groups excluding carboxylic acids is 1. The molecule has 1 aliphatic heterocycles. The monoisotopic (exact) mass is 415 g/mol. The van der Waals surface area contributed by atoms with E-state index in [1.54, 1.807) is 0 Å². The number of piperidine rings is 1. The summed E-state index contributed by atoms with van der Waals surface area (Å²) in [5.41, 5.74) is 7.41. The van der Waals surface area contributed by atoms with E-state index < -0.39 is 0 Å². The van der Waals surface area contributed by atoms with E-state index in [1.165, 1.54) is 5.56 Å². The molecule has 2 fully saturated rings. The summed E-state index contributed by atoms with van der Waals surface area (Å²) >= 11 is 0. The molecule has 1 aliphatic carbocycles. The van der Waals surface area contributed by atoms with Crippen molar-refractivity contribution in [2.45, 2.75) is 76.5 Å². The largest absolute Gasteiger partial charge is 0.353 e. The summed E-state index contributed by atoms with van der Waals surface area (Å²) in [6, 6.07) is 11.4. The number of benzene rings is 1. The number of nitrogens with one attached hydrogen (secondary N) is 1. The van der Waals surface area contributed by atoms with E-state index in [9.17, 15) is 4.79 Å². The third kappa shape index (κ3) is 6.35. The lowest BCUT2D eigenvalue weighted by Gasteiger charge is -2.41. The van der Waals surface area contributed by atoms with Crippen LogP contribution in [0, 0.1) is 5.92 Å². The van der Waals surface area contributed by atoms with Gasteiger partial charge in [-0.2, -0.15) is 0 Å². The summed E-state index contributed by atoms with van der Waals surface area (Å²) in [7, 11) is 0. The molecule has 2 aliphatic rings. The summed E-state index contributed by atoms with van der Waals surface area (Å²) in [4.78, 5) is 15.3. The van der Waals surface area contributed by atoms with Gasteiger partial charge in [0, 0.05) is 30.7 Å². The lowest BCUT2D eigenvalue weighted by molar-refractivity contribution is -0.129. The van der Waals surface area contributed by atoms with Crippen LogP contribution in [0.1, 0.15) is 57.9 Å². The predicted molar refractivity (Wildman–Crippen MR) is 117 cm³/mol. The van der Waals surface area contributed by atoms with Gasteiger partial charge in [0.05, 0.1) is 5.92 Å². The predicted octanol–water partition coefficient (Wildman–Crippen LogP) is 3.91. The number of amides is 1. The minimum absolute atomic E-state index is 0. The highest BCUT2D eigenvalue weighted by atomic mass is 35.5. The van der Waals surface area contributed by atoms with E-state index in [2.05, 4.69) is 47.5 Å². The average Bonchev–Trinajstić information content (AvgIpc) is 2.58. The molecule has 3 rings (SSSR count). The summed E-state index contributed by atoms with van der Waals surface area (Å²) in [6.07, 6.45) is 6.20. The van der Waals surface area contributed by atoms with Gasteiger partial charge in [0.15, 0.2) is 0 Å². The SMILES string of the molecule is CC1CC(NC(=O)C2CCCCC2(C)N)CCN1Cc1ccccc1.Cl.Cl. The molecule has 1 amide bonds. The first-order valence-corrected chi connectivity index (χ1v) is 9.83. The van der Waals surface area contributed by atoms with Gasteiger partial charge in [0.25, 0.3) is 0 Å². The summed E-state index contributed by atoms with van der Waals surface area (Å²) in [5.74, 6) is 0.150. The number of hydrogen-bond acceptors (Lipinski definition) is 3. The van der Waals surface area contributed by atoms with Crippen LogP contribution >= 0.6 is 24.8 Å². The minimum atomic E-state index is -0.345. The maximum atomic E-state index is 12.8. The maximum absolute atomic E-state index is 12.8. The molecule has 4 nitrogen and oxygen atoms in total. The highest BCUT2D eigenvalue weighted by Crippen LogP contribution is 2.32. The summed E-state index contributed by atoms with van der Waals surface area (Å²) in [6.45, 7) is 6.34. The lowest BCUT2D eigenvalue weighted by atomic mass is 9.74. The van der Waals surface area contributed by atoms with E-state index in [1.807, 2.05) is 6.92 Å². The molecule has 0 radical (unpaired) electrons. The van der Waals surface area contributed by atoms with Crippen molar-refractivity contribution in [1.82, 2.24) is 10.2 Å². The molecule has 1 saturated carbocycles. The molecule has 0 aromatic heterocycles. The van der Waals surface area contributed by atoms with Crippen LogP contribution in [-0.2, 0) is 11.3 Å². The van der Waals surface area contributed by atoms with Crippen LogP contribution in [0.5, 0.6) is 0 Å². The number of likely N-dealkylation sites (tertiary alicyclic amines) is 1. The van der Waals surface area contributed by atoms with Crippen molar-refractivity contribution < 1.29 is 4.79 Å². The molecule has 1 aromatic carbocycles. The van der Waals surface area contributed by atoms with Crippen LogP contribution in [-0.4, -0.2) is 35.0 Å². The van der Waals surface area contributed by atoms with Crippen molar-refractivity contribution in [3.8, 4) is 0 Å². The number of carbonyl (C=O) groups is 1. The van der Waals surface area contributed by atoms with Crippen molar-refractivity contribution >= 4 is 30.7 Å². The van der Waals surface area contributed by atoms with Gasteiger partial charge in [-0.25, -0.2) is 0 Å². The Bertz CT molecular complexity index is 582. The molecule has 4 unspecified atom stereocenters. The van der Waals surface area contributed by atoms with Crippen molar-refractivity contribution in [1.29, 1.82) is 0 Å². The molecule has 27 heavy (non-hydrogen) atoms. The fourth-order valence-electron chi connectivity index (χ4n) is 4.50. The maximum Gasteiger partial charge on any atom is 0.225 e. The van der Waals surface area contributed by atoms with Crippen LogP contribution in [0.3, 0.4) is 0 Å². The van der Waals surface area contributed by atoms with Gasteiger partial charge in [-0.15, -0.1) is 24.8 Å². The van der Waals surface area contributed by atoms with Gasteiger partial charge in [0.2, 0.25) is 5.91 Å². The molecule has 0 spiro atoms. The fourth-order valence-corrected chi connectivity index (χ4v) is 4.50. The van der Waals surface area contributed by atoms with Gasteiger partial charge in [0.1, 0.15) is 0 Å². The van der Waals surface area contributed by atoms with Gasteiger partial charge in [-0.05, 0) is 45.1 Å². The van der Waals surface area contributed by atoms with Crippen molar-refractivity contribution in [2.75, 3.05) is 6.54 Å². The molecule has 1 heterocycles. The first-order valence-electron chi connectivity index (χ1n) is 9.83. The summed E-state index contributed by atoms with van der Waals surface area (Å²) < 4.78 is 0. The molecule has 1 aromatic rings.